The van der Waals surface area contributed by atoms with Crippen LogP contribution in [0.5, 0.6) is 5.75 Å². The van der Waals surface area contributed by atoms with E-state index in [-0.39, 0.29) is 5.41 Å². The number of rotatable bonds is 8. The molecular formula is C25H36O2. The van der Waals surface area contributed by atoms with Gasteiger partial charge in [-0.1, -0.05) is 51.1 Å². The Hall–Kier alpha value is -1.80. The standard InChI is InChI=1S/C25H36O2/c1-7-19-17-22(12-13-23(19)26)25(8-2,9-3)21-11-10-20(18(4)16-21)14-15-24(5,6)27/h10-13,16-17,26-27H,7-9,14-15H2,1-6H3. The molecule has 2 N–H and O–H groups in total. The van der Waals surface area contributed by atoms with Gasteiger partial charge in [0.05, 0.1) is 5.60 Å². The van der Waals surface area contributed by atoms with Gasteiger partial charge in [-0.15, -0.1) is 0 Å². The Kier molecular flexibility index (Phi) is 6.75. The molecule has 0 fully saturated rings. The molecule has 0 unspecified atom stereocenters. The Morgan fingerprint density at radius 3 is 1.96 bits per heavy atom. The molecule has 148 valence electrons. The summed E-state index contributed by atoms with van der Waals surface area (Å²) in [5.74, 6) is 0.389. The van der Waals surface area contributed by atoms with Crippen molar-refractivity contribution >= 4 is 0 Å². The van der Waals surface area contributed by atoms with E-state index in [2.05, 4.69) is 58.0 Å². The van der Waals surface area contributed by atoms with Crippen molar-refractivity contribution in [1.29, 1.82) is 0 Å². The quantitative estimate of drug-likeness (QED) is 0.593. The molecule has 0 aliphatic carbocycles. The van der Waals surface area contributed by atoms with Crippen molar-refractivity contribution in [2.24, 2.45) is 0 Å². The van der Waals surface area contributed by atoms with Crippen LogP contribution in [0.15, 0.2) is 36.4 Å². The lowest BCUT2D eigenvalue weighted by Gasteiger charge is -2.34. The minimum Gasteiger partial charge on any atom is -0.508 e. The van der Waals surface area contributed by atoms with E-state index in [1.807, 2.05) is 19.9 Å². The Balaban J connectivity index is 2.46. The molecule has 0 amide bonds. The normalized spacial score (nSPS) is 12.4. The summed E-state index contributed by atoms with van der Waals surface area (Å²) in [6.45, 7) is 12.5. The van der Waals surface area contributed by atoms with Crippen molar-refractivity contribution in [3.63, 3.8) is 0 Å². The van der Waals surface area contributed by atoms with E-state index in [9.17, 15) is 10.2 Å². The van der Waals surface area contributed by atoms with E-state index in [0.29, 0.717) is 5.75 Å². The summed E-state index contributed by atoms with van der Waals surface area (Å²) >= 11 is 0. The maximum Gasteiger partial charge on any atom is 0.118 e. The SMILES string of the molecule is CCc1cc(C(CC)(CC)c2ccc(CCC(C)(C)O)c(C)c2)ccc1O. The van der Waals surface area contributed by atoms with Crippen molar-refractivity contribution in [2.75, 3.05) is 0 Å². The van der Waals surface area contributed by atoms with Gasteiger partial charge < -0.3 is 10.2 Å². The Labute approximate surface area is 165 Å². The summed E-state index contributed by atoms with van der Waals surface area (Å²) in [6.07, 6.45) is 4.51. The number of aliphatic hydroxyl groups is 1. The molecule has 2 heteroatoms. The lowest BCUT2D eigenvalue weighted by Crippen LogP contribution is -2.26. The summed E-state index contributed by atoms with van der Waals surface area (Å²) in [5, 5.41) is 20.1. The summed E-state index contributed by atoms with van der Waals surface area (Å²) in [5.41, 5.74) is 5.55. The van der Waals surface area contributed by atoms with Gasteiger partial charge in [-0.2, -0.15) is 0 Å². The van der Waals surface area contributed by atoms with Crippen molar-refractivity contribution in [3.05, 3.63) is 64.2 Å². The highest BCUT2D eigenvalue weighted by Gasteiger charge is 2.31. The second-order valence-electron chi connectivity index (χ2n) is 8.44. The summed E-state index contributed by atoms with van der Waals surface area (Å²) in [7, 11) is 0. The fraction of sp³-hybridized carbons (Fsp3) is 0.520. The van der Waals surface area contributed by atoms with Crippen molar-refractivity contribution in [1.82, 2.24) is 0 Å². The molecule has 2 rings (SSSR count). The Morgan fingerprint density at radius 2 is 1.44 bits per heavy atom. The zero-order valence-corrected chi connectivity index (χ0v) is 17.9. The van der Waals surface area contributed by atoms with Gasteiger partial charge in [-0.25, -0.2) is 0 Å². The molecule has 0 radical (unpaired) electrons. The summed E-state index contributed by atoms with van der Waals surface area (Å²) in [4.78, 5) is 0. The third kappa shape index (κ3) is 4.73. The molecular weight excluding hydrogens is 332 g/mol. The van der Waals surface area contributed by atoms with E-state index < -0.39 is 5.60 Å². The Morgan fingerprint density at radius 1 is 0.852 bits per heavy atom. The molecule has 0 aromatic heterocycles. The number of phenolic OH excluding ortho intramolecular Hbond substituents is 1. The summed E-state index contributed by atoms with van der Waals surface area (Å²) < 4.78 is 0. The van der Waals surface area contributed by atoms with Crippen LogP contribution in [0.2, 0.25) is 0 Å². The zero-order chi connectivity index (χ0) is 20.2. The molecule has 0 aliphatic heterocycles. The average molecular weight is 369 g/mol. The minimum absolute atomic E-state index is 0.0445. The van der Waals surface area contributed by atoms with Crippen LogP contribution in [0.25, 0.3) is 0 Å². The molecule has 0 saturated heterocycles. The molecule has 2 nitrogen and oxygen atoms in total. The van der Waals surface area contributed by atoms with Crippen molar-refractivity contribution in [3.8, 4) is 5.75 Å². The van der Waals surface area contributed by atoms with Gasteiger partial charge >= 0.3 is 0 Å². The van der Waals surface area contributed by atoms with E-state index in [0.717, 1.165) is 37.7 Å². The van der Waals surface area contributed by atoms with Gasteiger partial charge in [0.2, 0.25) is 0 Å². The van der Waals surface area contributed by atoms with Gasteiger partial charge in [0.15, 0.2) is 0 Å². The third-order valence-corrected chi connectivity index (χ3v) is 6.12. The Bertz CT molecular complexity index is 764. The van der Waals surface area contributed by atoms with Crippen molar-refractivity contribution < 1.29 is 10.2 Å². The fourth-order valence-corrected chi connectivity index (χ4v) is 4.11. The second-order valence-corrected chi connectivity index (χ2v) is 8.44. The first kappa shape index (κ1) is 21.5. The monoisotopic (exact) mass is 368 g/mol. The highest BCUT2D eigenvalue weighted by molar-refractivity contribution is 5.47. The molecule has 0 bridgehead atoms. The highest BCUT2D eigenvalue weighted by atomic mass is 16.3. The van der Waals surface area contributed by atoms with Crippen LogP contribution in [0.4, 0.5) is 0 Å². The maximum atomic E-state index is 10.1. The fourth-order valence-electron chi connectivity index (χ4n) is 4.11. The first-order chi connectivity index (χ1) is 12.7. The third-order valence-electron chi connectivity index (χ3n) is 6.12. The topological polar surface area (TPSA) is 40.5 Å². The van der Waals surface area contributed by atoms with Gasteiger partial charge in [-0.05, 0) is 86.8 Å². The van der Waals surface area contributed by atoms with Crippen LogP contribution in [0, 0.1) is 6.92 Å². The van der Waals surface area contributed by atoms with Crippen LogP contribution in [-0.2, 0) is 18.3 Å². The number of hydrogen-bond donors (Lipinski definition) is 2. The van der Waals surface area contributed by atoms with Crippen LogP contribution in [0.1, 0.15) is 81.7 Å². The van der Waals surface area contributed by atoms with Gasteiger partial charge in [0, 0.05) is 5.41 Å². The second kappa shape index (κ2) is 8.48. The molecule has 2 aromatic carbocycles. The zero-order valence-electron chi connectivity index (χ0n) is 17.9. The molecule has 2 aromatic rings. The maximum absolute atomic E-state index is 10.1. The van der Waals surface area contributed by atoms with Gasteiger partial charge in [0.1, 0.15) is 5.75 Å². The van der Waals surface area contributed by atoms with Crippen LogP contribution < -0.4 is 0 Å². The van der Waals surface area contributed by atoms with Crippen LogP contribution in [-0.4, -0.2) is 15.8 Å². The predicted molar refractivity (Wildman–Crippen MR) is 115 cm³/mol. The molecule has 0 saturated carbocycles. The molecule has 0 aliphatic rings. The average Bonchev–Trinajstić information content (AvgIpc) is 2.62. The smallest absolute Gasteiger partial charge is 0.118 e. The van der Waals surface area contributed by atoms with E-state index in [4.69, 9.17) is 0 Å². The first-order valence-electron chi connectivity index (χ1n) is 10.3. The van der Waals surface area contributed by atoms with Gasteiger partial charge in [0.25, 0.3) is 0 Å². The van der Waals surface area contributed by atoms with Gasteiger partial charge in [-0.3, -0.25) is 0 Å². The first-order valence-corrected chi connectivity index (χ1v) is 10.3. The number of aryl methyl sites for hydroxylation is 3. The lowest BCUT2D eigenvalue weighted by molar-refractivity contribution is 0.0713. The van der Waals surface area contributed by atoms with Crippen LogP contribution >= 0.6 is 0 Å². The number of phenols is 1. The van der Waals surface area contributed by atoms with E-state index >= 15 is 0 Å². The molecule has 0 spiro atoms. The number of benzene rings is 2. The largest absolute Gasteiger partial charge is 0.508 e. The summed E-state index contributed by atoms with van der Waals surface area (Å²) in [6, 6.07) is 12.9. The number of aromatic hydroxyl groups is 1. The highest BCUT2D eigenvalue weighted by Crippen LogP contribution is 2.41. The lowest BCUT2D eigenvalue weighted by atomic mass is 9.69. The molecule has 27 heavy (non-hydrogen) atoms. The predicted octanol–water partition coefficient (Wildman–Crippen LogP) is 6.07. The van der Waals surface area contributed by atoms with Crippen LogP contribution in [0.3, 0.4) is 0 Å². The minimum atomic E-state index is -0.635. The number of hydrogen-bond acceptors (Lipinski definition) is 2. The van der Waals surface area contributed by atoms with E-state index in [1.165, 1.54) is 22.3 Å². The van der Waals surface area contributed by atoms with Crippen molar-refractivity contribution in [2.45, 2.75) is 84.7 Å². The van der Waals surface area contributed by atoms with E-state index in [1.54, 1.807) is 0 Å². The molecule has 0 heterocycles. The molecule has 0 atom stereocenters.